The summed E-state index contributed by atoms with van der Waals surface area (Å²) in [5.41, 5.74) is 11.1. The van der Waals surface area contributed by atoms with Gasteiger partial charge in [-0.25, -0.2) is 0 Å². The maximum Gasteiger partial charge on any atom is 0.0596 e. The molecule has 2 aromatic rings. The van der Waals surface area contributed by atoms with E-state index in [1.165, 1.54) is 16.8 Å². The van der Waals surface area contributed by atoms with Gasteiger partial charge in [-0.2, -0.15) is 5.10 Å². The van der Waals surface area contributed by atoms with E-state index in [4.69, 9.17) is 5.73 Å². The van der Waals surface area contributed by atoms with Crippen molar-refractivity contribution in [1.82, 2.24) is 9.78 Å². The Morgan fingerprint density at radius 1 is 1.21 bits per heavy atom. The Balaban J connectivity index is 2.12. The molecule has 102 valence electrons. The van der Waals surface area contributed by atoms with Gasteiger partial charge in [0.2, 0.25) is 0 Å². The van der Waals surface area contributed by atoms with Crippen molar-refractivity contribution in [3.63, 3.8) is 0 Å². The van der Waals surface area contributed by atoms with Crippen LogP contribution in [0.2, 0.25) is 0 Å². The molecule has 0 aliphatic heterocycles. The second-order valence-corrected chi connectivity index (χ2v) is 5.00. The van der Waals surface area contributed by atoms with Crippen molar-refractivity contribution in [2.75, 3.05) is 0 Å². The quantitative estimate of drug-likeness (QED) is 0.894. The minimum Gasteiger partial charge on any atom is -0.324 e. The number of nitrogens with two attached hydrogens (primary N) is 1. The molecule has 0 amide bonds. The summed E-state index contributed by atoms with van der Waals surface area (Å²) in [7, 11) is 0. The normalized spacial score (nSPS) is 12.6. The summed E-state index contributed by atoms with van der Waals surface area (Å²) in [6.07, 6.45) is 1.90. The zero-order chi connectivity index (χ0) is 13.8. The van der Waals surface area contributed by atoms with E-state index in [-0.39, 0.29) is 6.04 Å². The van der Waals surface area contributed by atoms with Crippen LogP contribution >= 0.6 is 0 Å². The van der Waals surface area contributed by atoms with Crippen LogP contribution in [0.3, 0.4) is 0 Å². The lowest BCUT2D eigenvalue weighted by Crippen LogP contribution is -2.16. The monoisotopic (exact) mass is 257 g/mol. The Labute approximate surface area is 115 Å². The first kappa shape index (κ1) is 13.8. The molecule has 1 unspecified atom stereocenters. The molecular weight excluding hydrogens is 234 g/mol. The molecule has 1 aromatic heterocycles. The molecule has 0 aliphatic carbocycles. The van der Waals surface area contributed by atoms with Crippen LogP contribution in [0, 0.1) is 6.92 Å². The Hall–Kier alpha value is -1.61. The maximum atomic E-state index is 6.31. The van der Waals surface area contributed by atoms with Gasteiger partial charge in [0.05, 0.1) is 5.69 Å². The van der Waals surface area contributed by atoms with Crippen LogP contribution in [0.5, 0.6) is 0 Å². The van der Waals surface area contributed by atoms with Crippen LogP contribution in [0.4, 0.5) is 0 Å². The molecule has 0 saturated heterocycles. The van der Waals surface area contributed by atoms with Crippen LogP contribution < -0.4 is 5.73 Å². The number of hydrogen-bond acceptors (Lipinski definition) is 2. The summed E-state index contributed by atoms with van der Waals surface area (Å²) in [5, 5.41) is 4.46. The molecule has 0 bridgehead atoms. The summed E-state index contributed by atoms with van der Waals surface area (Å²) < 4.78 is 2.04. The van der Waals surface area contributed by atoms with Crippen molar-refractivity contribution in [3.8, 4) is 0 Å². The van der Waals surface area contributed by atoms with Gasteiger partial charge < -0.3 is 5.73 Å². The van der Waals surface area contributed by atoms with Gasteiger partial charge in [-0.05, 0) is 37.5 Å². The topological polar surface area (TPSA) is 43.8 Å². The van der Waals surface area contributed by atoms with Gasteiger partial charge in [-0.3, -0.25) is 4.68 Å². The Morgan fingerprint density at radius 2 is 1.89 bits per heavy atom. The maximum absolute atomic E-state index is 6.31. The summed E-state index contributed by atoms with van der Waals surface area (Å²) in [6, 6.07) is 10.8. The fourth-order valence-corrected chi connectivity index (χ4v) is 2.38. The molecule has 0 saturated carbocycles. The number of rotatable bonds is 5. The number of nitrogens with zero attached hydrogens (tertiary/aromatic N) is 2. The van der Waals surface area contributed by atoms with Gasteiger partial charge in [0, 0.05) is 24.7 Å². The van der Waals surface area contributed by atoms with Gasteiger partial charge in [-0.1, -0.05) is 31.2 Å². The fourth-order valence-electron chi connectivity index (χ4n) is 2.38. The lowest BCUT2D eigenvalue weighted by atomic mass is 10.0. The van der Waals surface area contributed by atoms with Gasteiger partial charge in [-0.15, -0.1) is 0 Å². The molecule has 2 rings (SSSR count). The van der Waals surface area contributed by atoms with Gasteiger partial charge in [0.1, 0.15) is 0 Å². The van der Waals surface area contributed by atoms with E-state index in [1.54, 1.807) is 0 Å². The first-order valence-corrected chi connectivity index (χ1v) is 7.01. The lowest BCUT2D eigenvalue weighted by molar-refractivity contribution is 0.587. The molecule has 0 radical (unpaired) electrons. The molecule has 2 N–H and O–H groups in total. The number of aromatic nitrogens is 2. The SMILES string of the molecule is CCc1ccc(C(N)Cc2cc(C)nn2CC)cc1. The van der Waals surface area contributed by atoms with Crippen molar-refractivity contribution < 1.29 is 0 Å². The van der Waals surface area contributed by atoms with E-state index in [0.717, 1.165) is 25.1 Å². The van der Waals surface area contributed by atoms with Crippen LogP contribution in [0.1, 0.15) is 42.4 Å². The van der Waals surface area contributed by atoms with E-state index in [0.29, 0.717) is 0 Å². The van der Waals surface area contributed by atoms with Crippen molar-refractivity contribution in [2.45, 2.75) is 46.2 Å². The third-order valence-electron chi connectivity index (χ3n) is 3.53. The predicted molar refractivity (Wildman–Crippen MR) is 79.1 cm³/mol. The molecule has 3 heteroatoms. The highest BCUT2D eigenvalue weighted by Crippen LogP contribution is 2.17. The summed E-state index contributed by atoms with van der Waals surface area (Å²) in [4.78, 5) is 0. The van der Waals surface area contributed by atoms with Crippen LogP contribution in [0.15, 0.2) is 30.3 Å². The molecular formula is C16H23N3. The van der Waals surface area contributed by atoms with Crippen LogP contribution in [-0.4, -0.2) is 9.78 Å². The van der Waals surface area contributed by atoms with E-state index in [2.05, 4.69) is 49.3 Å². The number of aryl methyl sites for hydroxylation is 3. The molecule has 3 nitrogen and oxygen atoms in total. The number of benzene rings is 1. The van der Waals surface area contributed by atoms with E-state index >= 15 is 0 Å². The Bertz CT molecular complexity index is 525. The highest BCUT2D eigenvalue weighted by Gasteiger charge is 2.11. The Morgan fingerprint density at radius 3 is 2.47 bits per heavy atom. The lowest BCUT2D eigenvalue weighted by Gasteiger charge is -2.13. The standard InChI is InChI=1S/C16H23N3/c1-4-13-6-8-14(9-7-13)16(17)11-15-10-12(3)18-19(15)5-2/h6-10,16H,4-5,11,17H2,1-3H3. The van der Waals surface area contributed by atoms with Crippen LogP contribution in [0.25, 0.3) is 0 Å². The predicted octanol–water partition coefficient (Wildman–Crippen LogP) is 3.02. The fraction of sp³-hybridized carbons (Fsp3) is 0.438. The zero-order valence-electron chi connectivity index (χ0n) is 12.1. The first-order valence-electron chi connectivity index (χ1n) is 7.01. The number of hydrogen-bond donors (Lipinski definition) is 1. The molecule has 0 aliphatic rings. The van der Waals surface area contributed by atoms with Crippen molar-refractivity contribution in [2.24, 2.45) is 5.73 Å². The third-order valence-corrected chi connectivity index (χ3v) is 3.53. The largest absolute Gasteiger partial charge is 0.324 e. The van der Waals surface area contributed by atoms with Gasteiger partial charge >= 0.3 is 0 Å². The van der Waals surface area contributed by atoms with Gasteiger partial charge in [0.25, 0.3) is 0 Å². The molecule has 1 aromatic carbocycles. The van der Waals surface area contributed by atoms with Gasteiger partial charge in [0.15, 0.2) is 0 Å². The van der Waals surface area contributed by atoms with Crippen molar-refractivity contribution in [1.29, 1.82) is 0 Å². The third kappa shape index (κ3) is 3.24. The average molecular weight is 257 g/mol. The second kappa shape index (κ2) is 6.02. The van der Waals surface area contributed by atoms with E-state index < -0.39 is 0 Å². The van der Waals surface area contributed by atoms with Crippen LogP contribution in [-0.2, 0) is 19.4 Å². The summed E-state index contributed by atoms with van der Waals surface area (Å²) in [5.74, 6) is 0. The summed E-state index contributed by atoms with van der Waals surface area (Å²) >= 11 is 0. The first-order chi connectivity index (χ1) is 9.13. The van der Waals surface area contributed by atoms with E-state index in [9.17, 15) is 0 Å². The van der Waals surface area contributed by atoms with Crippen molar-refractivity contribution >= 4 is 0 Å². The molecule has 1 atom stereocenters. The van der Waals surface area contributed by atoms with Crippen molar-refractivity contribution in [3.05, 3.63) is 52.8 Å². The molecule has 1 heterocycles. The highest BCUT2D eigenvalue weighted by molar-refractivity contribution is 5.26. The van der Waals surface area contributed by atoms with E-state index in [1.807, 2.05) is 11.6 Å². The molecule has 19 heavy (non-hydrogen) atoms. The smallest absolute Gasteiger partial charge is 0.0596 e. The second-order valence-electron chi connectivity index (χ2n) is 5.00. The highest BCUT2D eigenvalue weighted by atomic mass is 15.3. The average Bonchev–Trinajstić information content (AvgIpc) is 2.78. The zero-order valence-corrected chi connectivity index (χ0v) is 12.1. The summed E-state index contributed by atoms with van der Waals surface area (Å²) in [6.45, 7) is 7.19. The minimum atomic E-state index is 0.0345. The molecule has 0 fully saturated rings. The Kier molecular flexibility index (Phi) is 4.38. The minimum absolute atomic E-state index is 0.0345. The molecule has 0 spiro atoms.